The molecular formula is C16H14N2O3S. The first kappa shape index (κ1) is 15.7. The summed E-state index contributed by atoms with van der Waals surface area (Å²) in [6.45, 7) is 0.374. The Hall–Kier alpha value is -2.65. The molecule has 0 spiro atoms. The molecule has 0 atom stereocenters. The maximum absolute atomic E-state index is 12.1. The van der Waals surface area contributed by atoms with Crippen molar-refractivity contribution in [3.05, 3.63) is 58.3 Å². The highest BCUT2D eigenvalue weighted by molar-refractivity contribution is 7.11. The molecule has 22 heavy (non-hydrogen) atoms. The van der Waals surface area contributed by atoms with Gasteiger partial charge in [0, 0.05) is 18.5 Å². The van der Waals surface area contributed by atoms with Crippen LogP contribution in [0, 0.1) is 11.5 Å². The SMILES string of the molecule is N#CN(CCCOC(=O)c1cccs1)C(=O)c1ccccc1. The normalized spacial score (nSPS) is 9.77. The molecule has 0 saturated heterocycles. The van der Waals surface area contributed by atoms with Gasteiger partial charge in [0.15, 0.2) is 6.19 Å². The number of esters is 1. The van der Waals surface area contributed by atoms with E-state index in [1.165, 1.54) is 11.3 Å². The van der Waals surface area contributed by atoms with Gasteiger partial charge >= 0.3 is 5.97 Å². The van der Waals surface area contributed by atoms with Gasteiger partial charge in [0.2, 0.25) is 0 Å². The second-order valence-corrected chi connectivity index (χ2v) is 5.34. The molecule has 0 saturated carbocycles. The highest BCUT2D eigenvalue weighted by Crippen LogP contribution is 2.10. The Morgan fingerprint density at radius 1 is 1.18 bits per heavy atom. The van der Waals surface area contributed by atoms with Crippen LogP contribution in [0.25, 0.3) is 0 Å². The van der Waals surface area contributed by atoms with Gasteiger partial charge in [0.1, 0.15) is 4.88 Å². The summed E-state index contributed by atoms with van der Waals surface area (Å²) in [5.41, 5.74) is 0.458. The number of amides is 1. The van der Waals surface area contributed by atoms with Crippen LogP contribution in [0.15, 0.2) is 47.8 Å². The summed E-state index contributed by atoms with van der Waals surface area (Å²) < 4.78 is 5.09. The lowest BCUT2D eigenvalue weighted by molar-refractivity contribution is 0.0498. The van der Waals surface area contributed by atoms with Crippen molar-refractivity contribution in [3.63, 3.8) is 0 Å². The molecule has 1 heterocycles. The molecular weight excluding hydrogens is 300 g/mol. The van der Waals surface area contributed by atoms with Gasteiger partial charge in [-0.1, -0.05) is 24.3 Å². The monoisotopic (exact) mass is 314 g/mol. The van der Waals surface area contributed by atoms with Crippen LogP contribution in [0.4, 0.5) is 0 Å². The van der Waals surface area contributed by atoms with Gasteiger partial charge in [-0.3, -0.25) is 4.79 Å². The molecule has 0 radical (unpaired) electrons. The van der Waals surface area contributed by atoms with Gasteiger partial charge in [-0.2, -0.15) is 5.26 Å². The van der Waals surface area contributed by atoms with Crippen molar-refractivity contribution >= 4 is 23.2 Å². The van der Waals surface area contributed by atoms with Crippen molar-refractivity contribution in [1.29, 1.82) is 5.26 Å². The van der Waals surface area contributed by atoms with Crippen LogP contribution < -0.4 is 0 Å². The molecule has 112 valence electrons. The molecule has 0 aliphatic rings. The number of rotatable bonds is 6. The molecule has 0 aliphatic carbocycles. The maximum Gasteiger partial charge on any atom is 0.348 e. The number of nitrogens with zero attached hydrogens (tertiary/aromatic N) is 2. The van der Waals surface area contributed by atoms with Gasteiger partial charge in [0.05, 0.1) is 6.61 Å². The number of carbonyl (C=O) groups excluding carboxylic acids is 2. The van der Waals surface area contributed by atoms with Crippen molar-refractivity contribution in [2.24, 2.45) is 0 Å². The third-order valence-corrected chi connectivity index (χ3v) is 3.72. The van der Waals surface area contributed by atoms with E-state index in [4.69, 9.17) is 10.00 Å². The smallest absolute Gasteiger partial charge is 0.348 e. The average Bonchev–Trinajstić information content (AvgIpc) is 3.09. The van der Waals surface area contributed by atoms with E-state index in [9.17, 15) is 9.59 Å². The van der Waals surface area contributed by atoms with E-state index in [0.717, 1.165) is 4.90 Å². The summed E-state index contributed by atoms with van der Waals surface area (Å²) in [6, 6.07) is 12.1. The van der Waals surface area contributed by atoms with Gasteiger partial charge in [-0.05, 0) is 23.6 Å². The molecule has 2 rings (SSSR count). The fourth-order valence-electron chi connectivity index (χ4n) is 1.79. The van der Waals surface area contributed by atoms with Crippen molar-refractivity contribution in [2.45, 2.75) is 6.42 Å². The maximum atomic E-state index is 12.1. The van der Waals surface area contributed by atoms with Crippen LogP contribution in [-0.4, -0.2) is 29.9 Å². The van der Waals surface area contributed by atoms with Crippen LogP contribution in [0.5, 0.6) is 0 Å². The first-order chi connectivity index (χ1) is 10.7. The second-order valence-electron chi connectivity index (χ2n) is 4.39. The molecule has 0 fully saturated rings. The van der Waals surface area contributed by atoms with Crippen molar-refractivity contribution < 1.29 is 14.3 Å². The Morgan fingerprint density at radius 3 is 2.59 bits per heavy atom. The summed E-state index contributed by atoms with van der Waals surface area (Å²) in [5, 5.41) is 10.9. The van der Waals surface area contributed by atoms with E-state index in [0.29, 0.717) is 16.9 Å². The number of thiophene rings is 1. The Labute approximate surface area is 132 Å². The van der Waals surface area contributed by atoms with Crippen LogP contribution in [0.3, 0.4) is 0 Å². The lowest BCUT2D eigenvalue weighted by atomic mass is 10.2. The van der Waals surface area contributed by atoms with E-state index in [-0.39, 0.29) is 25.0 Å². The Balaban J connectivity index is 1.79. The summed E-state index contributed by atoms with van der Waals surface area (Å²) in [5.74, 6) is -0.736. The zero-order valence-electron chi connectivity index (χ0n) is 11.8. The van der Waals surface area contributed by atoms with Gasteiger partial charge < -0.3 is 4.74 Å². The molecule has 1 aromatic heterocycles. The van der Waals surface area contributed by atoms with Gasteiger partial charge in [0.25, 0.3) is 5.91 Å². The summed E-state index contributed by atoms with van der Waals surface area (Å²) in [6.07, 6.45) is 2.27. The number of benzene rings is 1. The van der Waals surface area contributed by atoms with Crippen molar-refractivity contribution in [2.75, 3.05) is 13.2 Å². The van der Waals surface area contributed by atoms with Crippen molar-refractivity contribution in [3.8, 4) is 6.19 Å². The first-order valence-electron chi connectivity index (χ1n) is 6.69. The fraction of sp³-hybridized carbons (Fsp3) is 0.188. The molecule has 0 aliphatic heterocycles. The zero-order valence-corrected chi connectivity index (χ0v) is 12.6. The Bertz CT molecular complexity index is 662. The third kappa shape index (κ3) is 4.17. The predicted octanol–water partition coefficient (Wildman–Crippen LogP) is 2.92. The summed E-state index contributed by atoms with van der Waals surface area (Å²) in [4.78, 5) is 25.3. The number of hydrogen-bond donors (Lipinski definition) is 0. The predicted molar refractivity (Wildman–Crippen MR) is 82.3 cm³/mol. The molecule has 0 unspecified atom stereocenters. The Kier molecular flexibility index (Phi) is 5.69. The van der Waals surface area contributed by atoms with Crippen LogP contribution in [0.1, 0.15) is 26.5 Å². The molecule has 5 nitrogen and oxygen atoms in total. The molecule has 1 aromatic carbocycles. The van der Waals surface area contributed by atoms with Gasteiger partial charge in [-0.15, -0.1) is 11.3 Å². The highest BCUT2D eigenvalue weighted by Gasteiger charge is 2.15. The molecule has 6 heteroatoms. The third-order valence-electron chi connectivity index (χ3n) is 2.87. The average molecular weight is 314 g/mol. The van der Waals surface area contributed by atoms with Crippen molar-refractivity contribution in [1.82, 2.24) is 4.90 Å². The van der Waals surface area contributed by atoms with Crippen LogP contribution in [-0.2, 0) is 4.74 Å². The molecule has 2 aromatic rings. The Morgan fingerprint density at radius 2 is 1.95 bits per heavy atom. The quantitative estimate of drug-likeness (QED) is 0.356. The summed E-state index contributed by atoms with van der Waals surface area (Å²) in [7, 11) is 0. The van der Waals surface area contributed by atoms with E-state index in [1.54, 1.807) is 47.8 Å². The highest BCUT2D eigenvalue weighted by atomic mass is 32.1. The lowest BCUT2D eigenvalue weighted by Gasteiger charge is -2.13. The standard InChI is InChI=1S/C16H14N2O3S/c17-12-18(15(19)13-6-2-1-3-7-13)9-5-10-21-16(20)14-8-4-11-22-14/h1-4,6-8,11H,5,9-10H2. The molecule has 0 N–H and O–H groups in total. The minimum atomic E-state index is -0.382. The van der Waals surface area contributed by atoms with E-state index in [2.05, 4.69) is 0 Å². The second kappa shape index (κ2) is 7.96. The summed E-state index contributed by atoms with van der Waals surface area (Å²) >= 11 is 1.31. The molecule has 1 amide bonds. The minimum Gasteiger partial charge on any atom is -0.461 e. The number of ether oxygens (including phenoxy) is 1. The van der Waals surface area contributed by atoms with Crippen LogP contribution >= 0.6 is 11.3 Å². The topological polar surface area (TPSA) is 70.4 Å². The fourth-order valence-corrected chi connectivity index (χ4v) is 2.40. The lowest BCUT2D eigenvalue weighted by Crippen LogP contribution is -2.28. The van der Waals surface area contributed by atoms with Crippen LogP contribution in [0.2, 0.25) is 0 Å². The molecule has 0 bridgehead atoms. The zero-order chi connectivity index (χ0) is 15.8. The number of carbonyl (C=O) groups is 2. The first-order valence-corrected chi connectivity index (χ1v) is 7.57. The van der Waals surface area contributed by atoms with Gasteiger partial charge in [-0.25, -0.2) is 9.69 Å². The van der Waals surface area contributed by atoms with E-state index in [1.807, 2.05) is 6.19 Å². The van der Waals surface area contributed by atoms with E-state index < -0.39 is 0 Å². The van der Waals surface area contributed by atoms with E-state index >= 15 is 0 Å². The number of nitriles is 1. The number of hydrogen-bond acceptors (Lipinski definition) is 5. The minimum absolute atomic E-state index is 0.164. The largest absolute Gasteiger partial charge is 0.461 e.